The van der Waals surface area contributed by atoms with Crippen LogP contribution in [0.25, 0.3) is 11.1 Å². The van der Waals surface area contributed by atoms with Crippen LogP contribution in [0, 0.1) is 0 Å². The van der Waals surface area contributed by atoms with E-state index in [4.69, 9.17) is 11.5 Å². The molecule has 6 heteroatoms. The third kappa shape index (κ3) is 3.35. The van der Waals surface area contributed by atoms with Gasteiger partial charge in [-0.05, 0) is 18.2 Å². The summed E-state index contributed by atoms with van der Waals surface area (Å²) in [5.74, 6) is 0.618. The van der Waals surface area contributed by atoms with Crippen molar-refractivity contribution in [1.29, 1.82) is 0 Å². The Hall–Kier alpha value is -2.18. The van der Waals surface area contributed by atoms with Crippen LogP contribution in [0.2, 0.25) is 0 Å². The molecular formula is C16H22N6. The van der Waals surface area contributed by atoms with Gasteiger partial charge in [-0.25, -0.2) is 4.98 Å². The molecule has 1 fully saturated rings. The maximum absolute atomic E-state index is 5.91. The summed E-state index contributed by atoms with van der Waals surface area (Å²) in [4.78, 5) is 12.9. The first-order chi connectivity index (χ1) is 10.6. The van der Waals surface area contributed by atoms with Crippen molar-refractivity contribution < 1.29 is 0 Å². The first kappa shape index (κ1) is 14.7. The summed E-state index contributed by atoms with van der Waals surface area (Å²) in [6, 6.07) is 8.42. The van der Waals surface area contributed by atoms with E-state index in [2.05, 4.69) is 51.1 Å². The monoisotopic (exact) mass is 298 g/mol. The zero-order valence-corrected chi connectivity index (χ0v) is 12.9. The van der Waals surface area contributed by atoms with E-state index in [-0.39, 0.29) is 5.95 Å². The van der Waals surface area contributed by atoms with Crippen molar-refractivity contribution in [1.82, 2.24) is 19.8 Å². The minimum Gasteiger partial charge on any atom is -0.383 e. The Morgan fingerprint density at radius 1 is 1.05 bits per heavy atom. The molecule has 0 amide bonds. The summed E-state index contributed by atoms with van der Waals surface area (Å²) in [5.41, 5.74) is 14.6. The number of nitrogens with zero attached hydrogens (tertiary/aromatic N) is 4. The second kappa shape index (κ2) is 6.29. The van der Waals surface area contributed by atoms with E-state index in [1.165, 1.54) is 5.56 Å². The number of piperazine rings is 1. The van der Waals surface area contributed by atoms with E-state index in [9.17, 15) is 0 Å². The summed E-state index contributed by atoms with van der Waals surface area (Å²) in [7, 11) is 2.17. The number of nitrogen functional groups attached to an aromatic ring is 2. The van der Waals surface area contributed by atoms with Crippen LogP contribution >= 0.6 is 0 Å². The van der Waals surface area contributed by atoms with Crippen molar-refractivity contribution in [3.8, 4) is 11.1 Å². The highest BCUT2D eigenvalue weighted by atomic mass is 15.2. The number of benzene rings is 1. The molecule has 0 atom stereocenters. The molecule has 1 saturated heterocycles. The van der Waals surface area contributed by atoms with E-state index in [0.717, 1.165) is 43.9 Å². The van der Waals surface area contributed by atoms with Crippen LogP contribution in [0.15, 0.2) is 30.5 Å². The molecule has 1 aliphatic heterocycles. The molecule has 0 aliphatic carbocycles. The zero-order valence-electron chi connectivity index (χ0n) is 12.9. The van der Waals surface area contributed by atoms with Gasteiger partial charge in [0.15, 0.2) is 0 Å². The van der Waals surface area contributed by atoms with Gasteiger partial charge in [0, 0.05) is 44.5 Å². The fourth-order valence-corrected chi connectivity index (χ4v) is 2.69. The van der Waals surface area contributed by atoms with Crippen LogP contribution in [-0.4, -0.2) is 53.0 Å². The standard InChI is InChI=1S/C16H22N6/c1-21-6-8-22(9-7-21)11-12-2-4-13(5-3-12)14-10-19-16(18)20-15(14)17/h2-5,10H,6-9,11H2,1H3,(H4,17,18,19,20). The average molecular weight is 298 g/mol. The molecule has 1 aromatic heterocycles. The molecule has 1 aliphatic rings. The summed E-state index contributed by atoms with van der Waals surface area (Å²) < 4.78 is 0. The highest BCUT2D eigenvalue weighted by molar-refractivity contribution is 5.73. The molecule has 2 heterocycles. The lowest BCUT2D eigenvalue weighted by Gasteiger charge is -2.32. The first-order valence-corrected chi connectivity index (χ1v) is 7.50. The largest absolute Gasteiger partial charge is 0.383 e. The third-order valence-electron chi connectivity index (χ3n) is 4.10. The van der Waals surface area contributed by atoms with Crippen molar-refractivity contribution in [2.75, 3.05) is 44.7 Å². The minimum atomic E-state index is 0.202. The number of anilines is 2. The van der Waals surface area contributed by atoms with Gasteiger partial charge < -0.3 is 16.4 Å². The first-order valence-electron chi connectivity index (χ1n) is 7.50. The second-order valence-corrected chi connectivity index (χ2v) is 5.80. The van der Waals surface area contributed by atoms with Gasteiger partial charge in [0.25, 0.3) is 0 Å². The molecule has 0 saturated carbocycles. The smallest absolute Gasteiger partial charge is 0.221 e. The molecule has 6 nitrogen and oxygen atoms in total. The Labute approximate surface area is 130 Å². The predicted molar refractivity (Wildman–Crippen MR) is 89.1 cm³/mol. The Bertz CT molecular complexity index is 632. The lowest BCUT2D eigenvalue weighted by Crippen LogP contribution is -2.43. The van der Waals surface area contributed by atoms with Crippen LogP contribution < -0.4 is 11.5 Å². The molecule has 2 aromatic rings. The lowest BCUT2D eigenvalue weighted by molar-refractivity contribution is 0.148. The third-order valence-corrected chi connectivity index (χ3v) is 4.10. The zero-order chi connectivity index (χ0) is 15.5. The van der Waals surface area contributed by atoms with Gasteiger partial charge in [0.1, 0.15) is 5.82 Å². The van der Waals surface area contributed by atoms with E-state index in [1.807, 2.05) is 0 Å². The lowest BCUT2D eigenvalue weighted by atomic mass is 10.1. The van der Waals surface area contributed by atoms with Gasteiger partial charge in [0.05, 0.1) is 0 Å². The maximum atomic E-state index is 5.91. The Morgan fingerprint density at radius 2 is 1.73 bits per heavy atom. The molecule has 0 bridgehead atoms. The quantitative estimate of drug-likeness (QED) is 0.881. The van der Waals surface area contributed by atoms with Gasteiger partial charge in [0.2, 0.25) is 5.95 Å². The minimum absolute atomic E-state index is 0.202. The SMILES string of the molecule is CN1CCN(Cc2ccc(-c3cnc(N)nc3N)cc2)CC1. The van der Waals surface area contributed by atoms with E-state index >= 15 is 0 Å². The summed E-state index contributed by atoms with van der Waals surface area (Å²) in [5, 5.41) is 0. The van der Waals surface area contributed by atoms with E-state index < -0.39 is 0 Å². The van der Waals surface area contributed by atoms with Gasteiger partial charge in [-0.1, -0.05) is 24.3 Å². The summed E-state index contributed by atoms with van der Waals surface area (Å²) in [6.45, 7) is 5.50. The normalized spacial score (nSPS) is 16.8. The van der Waals surface area contributed by atoms with Gasteiger partial charge in [-0.2, -0.15) is 4.98 Å². The number of hydrogen-bond acceptors (Lipinski definition) is 6. The van der Waals surface area contributed by atoms with Crippen molar-refractivity contribution in [2.45, 2.75) is 6.54 Å². The van der Waals surface area contributed by atoms with Gasteiger partial charge >= 0.3 is 0 Å². The fourth-order valence-electron chi connectivity index (χ4n) is 2.69. The van der Waals surface area contributed by atoms with E-state index in [0.29, 0.717) is 5.82 Å². The Kier molecular flexibility index (Phi) is 4.22. The molecule has 22 heavy (non-hydrogen) atoms. The van der Waals surface area contributed by atoms with Crippen LogP contribution in [0.3, 0.4) is 0 Å². The van der Waals surface area contributed by atoms with Gasteiger partial charge in [-0.15, -0.1) is 0 Å². The Morgan fingerprint density at radius 3 is 2.36 bits per heavy atom. The van der Waals surface area contributed by atoms with Crippen molar-refractivity contribution in [2.24, 2.45) is 0 Å². The van der Waals surface area contributed by atoms with Crippen LogP contribution in [0.4, 0.5) is 11.8 Å². The highest BCUT2D eigenvalue weighted by Crippen LogP contribution is 2.24. The molecular weight excluding hydrogens is 276 g/mol. The molecule has 0 unspecified atom stereocenters. The number of nitrogens with two attached hydrogens (primary N) is 2. The fraction of sp³-hybridized carbons (Fsp3) is 0.375. The maximum Gasteiger partial charge on any atom is 0.221 e. The van der Waals surface area contributed by atoms with Crippen LogP contribution in [0.5, 0.6) is 0 Å². The van der Waals surface area contributed by atoms with Crippen LogP contribution in [0.1, 0.15) is 5.56 Å². The summed E-state index contributed by atoms with van der Waals surface area (Å²) >= 11 is 0. The molecule has 1 aromatic carbocycles. The van der Waals surface area contributed by atoms with Gasteiger partial charge in [-0.3, -0.25) is 4.90 Å². The molecule has 3 rings (SSSR count). The summed E-state index contributed by atoms with van der Waals surface area (Å²) in [6.07, 6.45) is 1.67. The second-order valence-electron chi connectivity index (χ2n) is 5.80. The number of rotatable bonds is 3. The van der Waals surface area contributed by atoms with Crippen LogP contribution in [-0.2, 0) is 6.54 Å². The average Bonchev–Trinajstić information content (AvgIpc) is 2.51. The topological polar surface area (TPSA) is 84.3 Å². The number of likely N-dealkylation sites (N-methyl/N-ethyl adjacent to an activating group) is 1. The molecule has 116 valence electrons. The predicted octanol–water partition coefficient (Wildman–Crippen LogP) is 1.06. The molecule has 0 spiro atoms. The Balaban J connectivity index is 1.70. The number of hydrogen-bond donors (Lipinski definition) is 2. The van der Waals surface area contributed by atoms with Crippen molar-refractivity contribution in [3.63, 3.8) is 0 Å². The molecule has 4 N–H and O–H groups in total. The van der Waals surface area contributed by atoms with Crippen molar-refractivity contribution in [3.05, 3.63) is 36.0 Å². The van der Waals surface area contributed by atoms with E-state index in [1.54, 1.807) is 6.20 Å². The van der Waals surface area contributed by atoms with Crippen molar-refractivity contribution >= 4 is 11.8 Å². The molecule has 0 radical (unpaired) electrons. The highest BCUT2D eigenvalue weighted by Gasteiger charge is 2.14. The number of aromatic nitrogens is 2.